The lowest BCUT2D eigenvalue weighted by atomic mass is 10.4. The zero-order valence-electron chi connectivity index (χ0n) is 13.1. The summed E-state index contributed by atoms with van der Waals surface area (Å²) in [4.78, 5) is 0. The Hall–Kier alpha value is -1.47. The number of hydrogen-bond acceptors (Lipinski definition) is 1. The lowest BCUT2D eigenvalue weighted by Crippen LogP contribution is -2.31. The molecule has 0 atom stereocenters. The van der Waals surface area contributed by atoms with Crippen molar-refractivity contribution in [3.8, 4) is 0 Å². The van der Waals surface area contributed by atoms with Crippen molar-refractivity contribution in [2.45, 2.75) is 0 Å². The Morgan fingerprint density at radius 1 is 0.609 bits per heavy atom. The van der Waals surface area contributed by atoms with E-state index in [1.807, 2.05) is 0 Å². The van der Waals surface area contributed by atoms with Crippen LogP contribution in [0.5, 0.6) is 0 Å². The van der Waals surface area contributed by atoms with Gasteiger partial charge in [0, 0.05) is 0 Å². The zero-order chi connectivity index (χ0) is 16.5. The van der Waals surface area contributed by atoms with Gasteiger partial charge in [0.25, 0.3) is 0 Å². The molecule has 3 aromatic carbocycles. The van der Waals surface area contributed by atoms with Crippen molar-refractivity contribution < 1.29 is 5.11 Å². The second-order valence-electron chi connectivity index (χ2n) is 4.94. The van der Waals surface area contributed by atoms with Crippen LogP contribution in [-0.2, 0) is 0 Å². The first-order valence-electron chi connectivity index (χ1n) is 7.39. The summed E-state index contributed by atoms with van der Waals surface area (Å²) in [7, 11) is -0.867. The van der Waals surface area contributed by atoms with E-state index >= 15 is 0 Å². The summed E-state index contributed by atoms with van der Waals surface area (Å²) in [6, 6.07) is 32.6. The van der Waals surface area contributed by atoms with Gasteiger partial charge in [-0.25, -0.2) is 0 Å². The Labute approximate surface area is 147 Å². The summed E-state index contributed by atoms with van der Waals surface area (Å²) in [6.45, 7) is 0. The Morgan fingerprint density at radius 3 is 1.09 bits per heavy atom. The van der Waals surface area contributed by atoms with E-state index in [9.17, 15) is 0 Å². The monoisotopic (exact) mass is 386 g/mol. The van der Waals surface area contributed by atoms with E-state index in [1.165, 1.54) is 15.9 Å². The third-order valence-electron chi connectivity index (χ3n) is 3.77. The van der Waals surface area contributed by atoms with Gasteiger partial charge in [0.15, 0.2) is 0 Å². The first-order chi connectivity index (χ1) is 11.4. The van der Waals surface area contributed by atoms with E-state index in [2.05, 4.69) is 107 Å². The fraction of sp³-hybridized carbons (Fsp3) is 0.100. The highest BCUT2D eigenvalue weighted by Crippen LogP contribution is 2.56. The molecule has 3 heteroatoms. The largest absolute Gasteiger partial charge is 0.857 e. The fourth-order valence-corrected chi connectivity index (χ4v) is 8.66. The van der Waals surface area contributed by atoms with Crippen molar-refractivity contribution in [1.29, 1.82) is 0 Å². The van der Waals surface area contributed by atoms with Gasteiger partial charge in [0.2, 0.25) is 0 Å². The minimum atomic E-state index is -1.62. The average Bonchev–Trinajstić information content (AvgIpc) is 2.67. The molecule has 3 aromatic rings. The van der Waals surface area contributed by atoms with Crippen LogP contribution in [0, 0.1) is 0 Å². The average molecular weight is 387 g/mol. The van der Waals surface area contributed by atoms with Crippen molar-refractivity contribution in [1.82, 2.24) is 0 Å². The molecule has 0 spiro atoms. The Kier molecular flexibility index (Phi) is 6.98. The van der Waals surface area contributed by atoms with Crippen LogP contribution in [0.1, 0.15) is 0 Å². The van der Waals surface area contributed by atoms with Crippen LogP contribution in [0.15, 0.2) is 91.0 Å². The first kappa shape index (κ1) is 17.9. The molecule has 0 aliphatic carbocycles. The van der Waals surface area contributed by atoms with Crippen molar-refractivity contribution >= 4 is 39.1 Å². The molecule has 118 valence electrons. The highest BCUT2D eigenvalue weighted by Gasteiger charge is 2.44. The van der Waals surface area contributed by atoms with E-state index in [0.717, 1.165) is 12.2 Å². The third kappa shape index (κ3) is 3.72. The maximum atomic E-state index is 8.25. The van der Waals surface area contributed by atoms with Crippen molar-refractivity contribution in [2.24, 2.45) is 0 Å². The molecule has 0 amide bonds. The normalized spacial score (nSPS) is 10.6. The second kappa shape index (κ2) is 8.98. The highest BCUT2D eigenvalue weighted by molar-refractivity contribution is 9.10. The minimum Gasteiger partial charge on any atom is -0.857 e. The number of rotatable bonds is 4. The van der Waals surface area contributed by atoms with Crippen LogP contribution in [-0.4, -0.2) is 12.2 Å². The number of hydrogen-bond donors (Lipinski definition) is 0. The van der Waals surface area contributed by atoms with E-state index < -0.39 is 7.26 Å². The molecule has 0 aliphatic rings. The lowest BCUT2D eigenvalue weighted by molar-refractivity contribution is -0.325. The van der Waals surface area contributed by atoms with Crippen LogP contribution in [0.4, 0.5) is 0 Å². The highest BCUT2D eigenvalue weighted by atomic mass is 79.9. The van der Waals surface area contributed by atoms with Gasteiger partial charge in [-0.2, -0.15) is 7.11 Å². The van der Waals surface area contributed by atoms with Gasteiger partial charge in [-0.3, -0.25) is 0 Å². The van der Waals surface area contributed by atoms with E-state index in [-0.39, 0.29) is 0 Å². The topological polar surface area (TPSA) is 23.1 Å². The molecule has 23 heavy (non-hydrogen) atoms. The van der Waals surface area contributed by atoms with Gasteiger partial charge in [0.1, 0.15) is 28.2 Å². The summed E-state index contributed by atoms with van der Waals surface area (Å²) in [5.41, 5.74) is 0. The molecule has 0 saturated heterocycles. The Morgan fingerprint density at radius 2 is 0.870 bits per heavy atom. The van der Waals surface area contributed by atoms with Gasteiger partial charge in [-0.15, -0.1) is 0 Å². The van der Waals surface area contributed by atoms with Crippen LogP contribution >= 0.6 is 23.2 Å². The summed E-state index contributed by atoms with van der Waals surface area (Å²) >= 11 is 3.83. The maximum Gasteiger partial charge on any atom is 0.127 e. The predicted octanol–water partition coefficient (Wildman–Crippen LogP) is 3.31. The fourth-order valence-electron chi connectivity index (χ4n) is 2.70. The summed E-state index contributed by atoms with van der Waals surface area (Å²) in [6.07, 6.45) is 0. The molecule has 0 aliphatic heterocycles. The van der Waals surface area contributed by atoms with E-state index in [4.69, 9.17) is 5.11 Å². The van der Waals surface area contributed by atoms with Crippen LogP contribution in [0.2, 0.25) is 0 Å². The molecule has 0 heterocycles. The molecule has 3 rings (SSSR count). The van der Waals surface area contributed by atoms with Gasteiger partial charge in [-0.1, -0.05) is 54.6 Å². The molecule has 0 fully saturated rings. The second-order valence-corrected chi connectivity index (χ2v) is 9.85. The molecule has 1 nitrogen and oxygen atoms in total. The smallest absolute Gasteiger partial charge is 0.127 e. The maximum absolute atomic E-state index is 8.25. The van der Waals surface area contributed by atoms with Crippen molar-refractivity contribution in [3.05, 3.63) is 91.0 Å². The molecule has 0 unspecified atom stereocenters. The number of alkyl halides is 1. The van der Waals surface area contributed by atoms with E-state index in [1.54, 1.807) is 0 Å². The SMILES string of the molecule is BrC[P+](c1ccccc1)(c1ccccc1)c1ccccc1.C[O-]. The quantitative estimate of drug-likeness (QED) is 0.498. The van der Waals surface area contributed by atoms with E-state index in [0.29, 0.717) is 0 Å². The van der Waals surface area contributed by atoms with Gasteiger partial charge in [-0.05, 0) is 52.3 Å². The molecule has 0 radical (unpaired) electrons. The zero-order valence-corrected chi connectivity index (χ0v) is 15.6. The summed E-state index contributed by atoms with van der Waals surface area (Å²) < 4.78 is 0. The number of halogens is 1. The van der Waals surface area contributed by atoms with Crippen LogP contribution in [0.25, 0.3) is 0 Å². The summed E-state index contributed by atoms with van der Waals surface area (Å²) in [5.74, 6) is 0. The van der Waals surface area contributed by atoms with Gasteiger partial charge < -0.3 is 5.11 Å². The van der Waals surface area contributed by atoms with Gasteiger partial charge >= 0.3 is 0 Å². The molecule has 0 N–H and O–H groups in total. The predicted molar refractivity (Wildman–Crippen MR) is 105 cm³/mol. The molecule has 0 saturated carbocycles. The third-order valence-corrected chi connectivity index (χ3v) is 9.92. The molecular formula is C20H20BrOP. The molecule has 0 bridgehead atoms. The van der Waals surface area contributed by atoms with Gasteiger partial charge in [0.05, 0.1) is 0 Å². The Balaban J connectivity index is 0.000000924. The first-order valence-corrected chi connectivity index (χ1v) is 10.5. The Bertz CT molecular complexity index is 590. The minimum absolute atomic E-state index is 0.750. The molecule has 0 aromatic heterocycles. The van der Waals surface area contributed by atoms with Crippen LogP contribution in [0.3, 0.4) is 0 Å². The van der Waals surface area contributed by atoms with Crippen molar-refractivity contribution in [3.63, 3.8) is 0 Å². The van der Waals surface area contributed by atoms with Crippen molar-refractivity contribution in [2.75, 3.05) is 12.2 Å². The molecular weight excluding hydrogens is 367 g/mol. The summed E-state index contributed by atoms with van der Waals surface area (Å²) in [5, 5.41) is 13.5. The lowest BCUT2D eigenvalue weighted by Gasteiger charge is -2.25. The standard InChI is InChI=1S/C19H17BrP.CH3O/c20-16-21(17-10-4-1-5-11-17,18-12-6-2-7-13-18)19-14-8-3-9-15-19;1-2/h1-15H,16H2;1H3/q+1;-1. The number of benzene rings is 3. The van der Waals surface area contributed by atoms with Crippen LogP contribution < -0.4 is 21.0 Å².